The molecule has 0 bridgehead atoms. The van der Waals surface area contributed by atoms with Gasteiger partial charge >= 0.3 is 10.8 Å². The van der Waals surface area contributed by atoms with Crippen molar-refractivity contribution in [3.8, 4) is 0 Å². The van der Waals surface area contributed by atoms with Gasteiger partial charge in [-0.1, -0.05) is 11.3 Å². The fourth-order valence-electron chi connectivity index (χ4n) is 1.48. The van der Waals surface area contributed by atoms with Crippen LogP contribution in [0, 0.1) is 6.92 Å². The van der Waals surface area contributed by atoms with E-state index in [-0.39, 0.29) is 16.4 Å². The lowest BCUT2D eigenvalue weighted by Crippen LogP contribution is -2.40. The van der Waals surface area contributed by atoms with Gasteiger partial charge in [-0.3, -0.25) is 9.59 Å². The molecule has 1 N–H and O–H groups in total. The molecule has 108 valence electrons. The van der Waals surface area contributed by atoms with Crippen LogP contribution >= 0.6 is 11.3 Å². The molecule has 7 nitrogen and oxygen atoms in total. The van der Waals surface area contributed by atoms with Gasteiger partial charge in [0.25, 0.3) is 10.0 Å². The van der Waals surface area contributed by atoms with Crippen LogP contribution in [0.25, 0.3) is 0 Å². The van der Waals surface area contributed by atoms with Crippen LogP contribution < -0.4 is 4.87 Å². The average molecular weight is 308 g/mol. The van der Waals surface area contributed by atoms with E-state index in [1.54, 1.807) is 13.8 Å². The van der Waals surface area contributed by atoms with Gasteiger partial charge in [0.2, 0.25) is 0 Å². The number of methoxy groups -OCH3 is 1. The summed E-state index contributed by atoms with van der Waals surface area (Å²) in [6.07, 6.45) is 0. The Morgan fingerprint density at radius 3 is 2.42 bits per heavy atom. The van der Waals surface area contributed by atoms with Gasteiger partial charge in [0, 0.05) is 11.7 Å². The van der Waals surface area contributed by atoms with Gasteiger partial charge in [-0.05, 0) is 20.8 Å². The molecular formula is C10H16N2O5S2. The Morgan fingerprint density at radius 1 is 1.47 bits per heavy atom. The fourth-order valence-corrected chi connectivity index (χ4v) is 4.47. The lowest BCUT2D eigenvalue weighted by Gasteiger charge is -2.23. The normalized spacial score (nSPS) is 12.1. The minimum Gasteiger partial charge on any atom is -0.468 e. The van der Waals surface area contributed by atoms with E-state index in [1.807, 2.05) is 0 Å². The zero-order valence-electron chi connectivity index (χ0n) is 11.1. The number of hydrogen-bond acceptors (Lipinski definition) is 6. The van der Waals surface area contributed by atoms with E-state index < -0.39 is 26.9 Å². The summed E-state index contributed by atoms with van der Waals surface area (Å²) in [4.78, 5) is 24.5. The first-order chi connectivity index (χ1) is 8.70. The maximum Gasteiger partial charge on any atom is 0.321 e. The quantitative estimate of drug-likeness (QED) is 0.790. The Hall–Kier alpha value is -1.19. The van der Waals surface area contributed by atoms with Crippen molar-refractivity contribution in [1.29, 1.82) is 0 Å². The predicted octanol–water partition coefficient (Wildman–Crippen LogP) is 0.317. The molecular weight excluding hydrogens is 292 g/mol. The van der Waals surface area contributed by atoms with Crippen LogP contribution in [0.15, 0.2) is 9.00 Å². The summed E-state index contributed by atoms with van der Waals surface area (Å²) in [5.74, 6) is -0.655. The number of carbonyl (C=O) groups is 1. The Labute approximate surface area is 115 Å². The Kier molecular flexibility index (Phi) is 4.88. The highest BCUT2D eigenvalue weighted by Gasteiger charge is 2.32. The summed E-state index contributed by atoms with van der Waals surface area (Å²) < 4.78 is 30.3. The summed E-state index contributed by atoms with van der Waals surface area (Å²) in [5, 5.41) is 0. The van der Waals surface area contributed by atoms with Crippen LogP contribution in [0.5, 0.6) is 0 Å². The third-order valence-electron chi connectivity index (χ3n) is 2.41. The molecule has 0 atom stereocenters. The second-order valence-electron chi connectivity index (χ2n) is 4.15. The number of rotatable bonds is 5. The first kappa shape index (κ1) is 15.9. The van der Waals surface area contributed by atoms with Gasteiger partial charge in [0.15, 0.2) is 4.21 Å². The molecule has 0 saturated carbocycles. The summed E-state index contributed by atoms with van der Waals surface area (Å²) >= 11 is 0.609. The molecule has 0 aromatic carbocycles. The number of aromatic amines is 1. The zero-order valence-corrected chi connectivity index (χ0v) is 12.7. The molecule has 0 aliphatic carbocycles. The molecule has 0 unspecified atom stereocenters. The summed E-state index contributed by atoms with van der Waals surface area (Å²) in [6.45, 7) is 4.40. The molecule has 1 aromatic rings. The molecule has 0 radical (unpaired) electrons. The lowest BCUT2D eigenvalue weighted by molar-refractivity contribution is -0.141. The Bertz CT molecular complexity index is 614. The average Bonchev–Trinajstić information content (AvgIpc) is 2.65. The molecule has 0 saturated heterocycles. The number of carbonyl (C=O) groups excluding carboxylic acids is 1. The van der Waals surface area contributed by atoms with E-state index in [2.05, 4.69) is 9.72 Å². The van der Waals surface area contributed by atoms with Gasteiger partial charge in [-0.15, -0.1) is 0 Å². The highest BCUT2D eigenvalue weighted by Crippen LogP contribution is 2.22. The number of H-pyrrole nitrogens is 1. The smallest absolute Gasteiger partial charge is 0.321 e. The van der Waals surface area contributed by atoms with Crippen molar-refractivity contribution < 1.29 is 17.9 Å². The van der Waals surface area contributed by atoms with E-state index in [4.69, 9.17) is 0 Å². The minimum atomic E-state index is -3.90. The topological polar surface area (TPSA) is 96.5 Å². The second kappa shape index (κ2) is 5.85. The molecule has 1 rings (SSSR count). The maximum atomic E-state index is 12.4. The van der Waals surface area contributed by atoms with Crippen LogP contribution in [0.4, 0.5) is 0 Å². The van der Waals surface area contributed by atoms with Gasteiger partial charge in [-0.25, -0.2) is 8.42 Å². The number of hydrogen-bond donors (Lipinski definition) is 1. The lowest BCUT2D eigenvalue weighted by atomic mass is 10.4. The van der Waals surface area contributed by atoms with Crippen LogP contribution in [0.2, 0.25) is 0 Å². The number of nitrogens with one attached hydrogen (secondary N) is 1. The molecule has 0 fully saturated rings. The van der Waals surface area contributed by atoms with Crippen LogP contribution in [0.1, 0.15) is 19.5 Å². The molecule has 0 spiro atoms. The third-order valence-corrected chi connectivity index (χ3v) is 6.02. The van der Waals surface area contributed by atoms with Gasteiger partial charge in [-0.2, -0.15) is 4.31 Å². The van der Waals surface area contributed by atoms with Crippen LogP contribution in [-0.4, -0.2) is 43.4 Å². The van der Waals surface area contributed by atoms with E-state index in [0.29, 0.717) is 11.3 Å². The second-order valence-corrected chi connectivity index (χ2v) is 7.22. The maximum absolute atomic E-state index is 12.4. The van der Waals surface area contributed by atoms with E-state index in [9.17, 15) is 18.0 Å². The van der Waals surface area contributed by atoms with Crippen molar-refractivity contribution in [1.82, 2.24) is 9.29 Å². The van der Waals surface area contributed by atoms with Crippen molar-refractivity contribution in [3.63, 3.8) is 0 Å². The number of aromatic nitrogens is 1. The third kappa shape index (κ3) is 3.43. The monoisotopic (exact) mass is 308 g/mol. The number of aryl methyl sites for hydroxylation is 1. The van der Waals surface area contributed by atoms with Crippen molar-refractivity contribution in [3.05, 3.63) is 15.4 Å². The first-order valence-electron chi connectivity index (χ1n) is 5.48. The van der Waals surface area contributed by atoms with Crippen molar-refractivity contribution in [2.75, 3.05) is 13.7 Å². The molecule has 0 aliphatic heterocycles. The number of ether oxygens (including phenoxy) is 1. The van der Waals surface area contributed by atoms with Gasteiger partial charge < -0.3 is 9.72 Å². The number of esters is 1. The summed E-state index contributed by atoms with van der Waals surface area (Å²) in [5.41, 5.74) is 0.269. The van der Waals surface area contributed by atoms with Gasteiger partial charge in [0.1, 0.15) is 6.54 Å². The standard InChI is InChI=1S/C10H16N2O5S2/c1-6(2)12(5-8(13)17-4)19(15,16)9-7(3)11-10(14)18-9/h6H,5H2,1-4H3,(H,11,14). The van der Waals surface area contributed by atoms with Crippen molar-refractivity contribution >= 4 is 27.3 Å². The molecule has 0 aliphatic rings. The van der Waals surface area contributed by atoms with E-state index in [0.717, 1.165) is 4.31 Å². The molecule has 9 heteroatoms. The summed E-state index contributed by atoms with van der Waals surface area (Å²) in [6, 6.07) is -0.430. The fraction of sp³-hybridized carbons (Fsp3) is 0.600. The number of thiazole rings is 1. The first-order valence-corrected chi connectivity index (χ1v) is 7.74. The predicted molar refractivity (Wildman–Crippen MR) is 70.7 cm³/mol. The van der Waals surface area contributed by atoms with Crippen LogP contribution in [-0.2, 0) is 19.6 Å². The molecule has 19 heavy (non-hydrogen) atoms. The van der Waals surface area contributed by atoms with Crippen molar-refractivity contribution in [2.24, 2.45) is 0 Å². The number of nitrogens with zero attached hydrogens (tertiary/aromatic N) is 1. The summed E-state index contributed by atoms with van der Waals surface area (Å²) in [7, 11) is -2.71. The van der Waals surface area contributed by atoms with Crippen molar-refractivity contribution in [2.45, 2.75) is 31.0 Å². The van der Waals surface area contributed by atoms with E-state index in [1.165, 1.54) is 14.0 Å². The SMILES string of the molecule is COC(=O)CN(C(C)C)S(=O)(=O)c1sc(=O)[nH]c1C. The van der Waals surface area contributed by atoms with Crippen LogP contribution in [0.3, 0.4) is 0 Å². The zero-order chi connectivity index (χ0) is 14.8. The Balaban J connectivity index is 3.24. The molecule has 1 aromatic heterocycles. The number of sulfonamides is 1. The minimum absolute atomic E-state index is 0.0740. The highest BCUT2D eigenvalue weighted by molar-refractivity contribution is 7.91. The molecule has 0 amide bonds. The Morgan fingerprint density at radius 2 is 2.05 bits per heavy atom. The van der Waals surface area contributed by atoms with Gasteiger partial charge in [0.05, 0.1) is 7.11 Å². The highest BCUT2D eigenvalue weighted by atomic mass is 32.2. The largest absolute Gasteiger partial charge is 0.468 e. The molecule has 1 heterocycles. The van der Waals surface area contributed by atoms with E-state index >= 15 is 0 Å².